The Hall–Kier alpha value is -0.880. The highest BCUT2D eigenvalue weighted by Gasteiger charge is 2.26. The fourth-order valence-electron chi connectivity index (χ4n) is 1.43. The first-order chi connectivity index (χ1) is 6.59. The van der Waals surface area contributed by atoms with E-state index in [-0.39, 0.29) is 11.6 Å². The highest BCUT2D eigenvalue weighted by atomic mass is 79.9. The van der Waals surface area contributed by atoms with Crippen LogP contribution in [0.15, 0.2) is 15.5 Å². The Bertz CT molecular complexity index is 410. The molecule has 5 nitrogen and oxygen atoms in total. The maximum Gasteiger partial charge on any atom is 0.282 e. The Morgan fingerprint density at radius 1 is 1.64 bits per heavy atom. The lowest BCUT2D eigenvalue weighted by molar-refractivity contribution is 0.515. The van der Waals surface area contributed by atoms with E-state index in [0.717, 1.165) is 18.8 Å². The summed E-state index contributed by atoms with van der Waals surface area (Å²) >= 11 is 3.27. The van der Waals surface area contributed by atoms with Crippen LogP contribution in [-0.2, 0) is 7.05 Å². The second-order valence-electron chi connectivity index (χ2n) is 3.44. The average Bonchev–Trinajstić information content (AvgIpc) is 2.11. The van der Waals surface area contributed by atoms with Crippen molar-refractivity contribution in [2.75, 3.05) is 18.0 Å². The summed E-state index contributed by atoms with van der Waals surface area (Å²) in [4.78, 5) is 13.5. The van der Waals surface area contributed by atoms with Crippen molar-refractivity contribution in [1.29, 1.82) is 0 Å². The first-order valence-corrected chi connectivity index (χ1v) is 5.11. The van der Waals surface area contributed by atoms with E-state index in [1.165, 1.54) is 4.68 Å². The molecular formula is C8H11BrN4O. The van der Waals surface area contributed by atoms with Gasteiger partial charge in [-0.05, 0) is 15.9 Å². The second-order valence-corrected chi connectivity index (χ2v) is 4.23. The quantitative estimate of drug-likeness (QED) is 0.751. The first kappa shape index (κ1) is 9.67. The predicted molar refractivity (Wildman–Crippen MR) is 57.4 cm³/mol. The smallest absolute Gasteiger partial charge is 0.282 e. The van der Waals surface area contributed by atoms with Gasteiger partial charge in [-0.15, -0.1) is 0 Å². The summed E-state index contributed by atoms with van der Waals surface area (Å²) < 4.78 is 1.86. The average molecular weight is 259 g/mol. The van der Waals surface area contributed by atoms with E-state index in [4.69, 9.17) is 5.73 Å². The Morgan fingerprint density at radius 2 is 2.29 bits per heavy atom. The zero-order valence-electron chi connectivity index (χ0n) is 7.77. The molecule has 1 aliphatic heterocycles. The third-order valence-electron chi connectivity index (χ3n) is 2.31. The molecule has 1 aromatic heterocycles. The molecular weight excluding hydrogens is 248 g/mol. The van der Waals surface area contributed by atoms with Gasteiger partial charge in [-0.1, -0.05) is 0 Å². The summed E-state index contributed by atoms with van der Waals surface area (Å²) in [5.74, 6) is 0. The van der Waals surface area contributed by atoms with Crippen LogP contribution in [0.5, 0.6) is 0 Å². The van der Waals surface area contributed by atoms with Crippen LogP contribution in [0.1, 0.15) is 0 Å². The highest BCUT2D eigenvalue weighted by Crippen LogP contribution is 2.24. The SMILES string of the molecule is Cn1ncc(N2CC(N)C2)c(Br)c1=O. The zero-order chi connectivity index (χ0) is 10.3. The van der Waals surface area contributed by atoms with Crippen LogP contribution >= 0.6 is 15.9 Å². The maximum atomic E-state index is 11.5. The topological polar surface area (TPSA) is 64.2 Å². The molecule has 0 unspecified atom stereocenters. The number of nitrogens with zero attached hydrogens (tertiary/aromatic N) is 3. The first-order valence-electron chi connectivity index (χ1n) is 4.32. The van der Waals surface area contributed by atoms with Gasteiger partial charge in [0.2, 0.25) is 0 Å². The van der Waals surface area contributed by atoms with Gasteiger partial charge in [0.1, 0.15) is 4.47 Å². The largest absolute Gasteiger partial charge is 0.366 e. The minimum Gasteiger partial charge on any atom is -0.366 e. The third kappa shape index (κ3) is 1.44. The standard InChI is InChI=1S/C8H11BrN4O/c1-12-8(14)7(9)6(2-11-12)13-3-5(10)4-13/h2,5H,3-4,10H2,1H3. The Morgan fingerprint density at radius 3 is 2.86 bits per heavy atom. The van der Waals surface area contributed by atoms with Crippen molar-refractivity contribution in [2.45, 2.75) is 6.04 Å². The molecule has 0 amide bonds. The summed E-state index contributed by atoms with van der Waals surface area (Å²) in [5.41, 5.74) is 6.37. The van der Waals surface area contributed by atoms with Crippen molar-refractivity contribution in [1.82, 2.24) is 9.78 Å². The molecule has 0 aliphatic carbocycles. The van der Waals surface area contributed by atoms with E-state index in [2.05, 4.69) is 21.0 Å². The van der Waals surface area contributed by atoms with Crippen molar-refractivity contribution in [3.63, 3.8) is 0 Å². The second kappa shape index (κ2) is 3.36. The molecule has 0 radical (unpaired) electrons. The van der Waals surface area contributed by atoms with Crippen LogP contribution in [0, 0.1) is 0 Å². The minimum atomic E-state index is -0.122. The Balaban J connectivity index is 2.36. The van der Waals surface area contributed by atoms with Crippen molar-refractivity contribution >= 4 is 21.6 Å². The molecule has 76 valence electrons. The fourth-order valence-corrected chi connectivity index (χ4v) is 2.04. The molecule has 1 aromatic rings. The number of anilines is 1. The molecule has 6 heteroatoms. The van der Waals surface area contributed by atoms with Crippen LogP contribution in [0.2, 0.25) is 0 Å². The summed E-state index contributed by atoms with van der Waals surface area (Å²) in [5, 5.41) is 3.96. The predicted octanol–water partition coefficient (Wildman–Crippen LogP) is -0.310. The summed E-state index contributed by atoms with van der Waals surface area (Å²) in [7, 11) is 1.62. The maximum absolute atomic E-state index is 11.5. The molecule has 0 spiro atoms. The van der Waals surface area contributed by atoms with Crippen LogP contribution in [0.4, 0.5) is 5.69 Å². The number of halogens is 1. The lowest BCUT2D eigenvalue weighted by atomic mass is 10.1. The van der Waals surface area contributed by atoms with Gasteiger partial charge in [-0.2, -0.15) is 5.10 Å². The van der Waals surface area contributed by atoms with E-state index in [9.17, 15) is 4.79 Å². The molecule has 14 heavy (non-hydrogen) atoms. The third-order valence-corrected chi connectivity index (χ3v) is 3.06. The molecule has 1 aliphatic rings. The van der Waals surface area contributed by atoms with Gasteiger partial charge in [0, 0.05) is 26.2 Å². The monoisotopic (exact) mass is 258 g/mol. The van der Waals surface area contributed by atoms with Crippen LogP contribution < -0.4 is 16.2 Å². The van der Waals surface area contributed by atoms with Gasteiger partial charge in [-0.25, -0.2) is 4.68 Å². The lowest BCUT2D eigenvalue weighted by Gasteiger charge is -2.38. The highest BCUT2D eigenvalue weighted by molar-refractivity contribution is 9.10. The number of rotatable bonds is 1. The summed E-state index contributed by atoms with van der Waals surface area (Å²) in [6.07, 6.45) is 1.68. The molecule has 2 rings (SSSR count). The normalized spacial score (nSPS) is 16.9. The van der Waals surface area contributed by atoms with E-state index >= 15 is 0 Å². The molecule has 0 saturated carbocycles. The molecule has 2 N–H and O–H groups in total. The van der Waals surface area contributed by atoms with Crippen molar-refractivity contribution in [2.24, 2.45) is 12.8 Å². The van der Waals surface area contributed by atoms with Crippen LogP contribution in [0.3, 0.4) is 0 Å². The number of nitrogens with two attached hydrogens (primary N) is 1. The molecule has 1 saturated heterocycles. The summed E-state index contributed by atoms with van der Waals surface area (Å²) in [6.45, 7) is 1.57. The van der Waals surface area contributed by atoms with Gasteiger partial charge in [0.15, 0.2) is 0 Å². The van der Waals surface area contributed by atoms with E-state index in [0.29, 0.717) is 4.47 Å². The van der Waals surface area contributed by atoms with Crippen LogP contribution in [0.25, 0.3) is 0 Å². The Labute approximate surface area is 89.6 Å². The van der Waals surface area contributed by atoms with E-state index in [1.807, 2.05) is 4.90 Å². The van der Waals surface area contributed by atoms with Gasteiger partial charge in [0.25, 0.3) is 5.56 Å². The van der Waals surface area contributed by atoms with Crippen molar-refractivity contribution in [3.8, 4) is 0 Å². The van der Waals surface area contributed by atoms with Gasteiger partial charge in [0.05, 0.1) is 11.9 Å². The van der Waals surface area contributed by atoms with Crippen LogP contribution in [-0.4, -0.2) is 28.9 Å². The van der Waals surface area contributed by atoms with Gasteiger partial charge in [-0.3, -0.25) is 4.79 Å². The minimum absolute atomic E-state index is 0.122. The van der Waals surface area contributed by atoms with E-state index in [1.54, 1.807) is 13.2 Å². The zero-order valence-corrected chi connectivity index (χ0v) is 9.36. The van der Waals surface area contributed by atoms with Gasteiger partial charge >= 0.3 is 0 Å². The number of aryl methyl sites for hydroxylation is 1. The van der Waals surface area contributed by atoms with Crippen molar-refractivity contribution < 1.29 is 0 Å². The number of hydrogen-bond donors (Lipinski definition) is 1. The molecule has 0 aromatic carbocycles. The number of hydrogen-bond acceptors (Lipinski definition) is 4. The fraction of sp³-hybridized carbons (Fsp3) is 0.500. The Kier molecular flexibility index (Phi) is 2.32. The summed E-state index contributed by atoms with van der Waals surface area (Å²) in [6, 6.07) is 0.214. The van der Waals surface area contributed by atoms with Gasteiger partial charge < -0.3 is 10.6 Å². The molecule has 2 heterocycles. The molecule has 1 fully saturated rings. The lowest BCUT2D eigenvalue weighted by Crippen LogP contribution is -2.56. The number of aromatic nitrogens is 2. The van der Waals surface area contributed by atoms with Crippen molar-refractivity contribution in [3.05, 3.63) is 21.0 Å². The molecule has 0 atom stereocenters. The van der Waals surface area contributed by atoms with E-state index < -0.39 is 0 Å². The molecule has 0 bridgehead atoms.